The first kappa shape index (κ1) is 15.6. The summed E-state index contributed by atoms with van der Waals surface area (Å²) in [6.45, 7) is 1.03. The van der Waals surface area contributed by atoms with E-state index in [2.05, 4.69) is 36.0 Å². The molecule has 1 aromatic heterocycles. The molecule has 4 N–H and O–H groups in total. The van der Waals surface area contributed by atoms with Crippen LogP contribution in [0.3, 0.4) is 0 Å². The Morgan fingerprint density at radius 2 is 2.25 bits per heavy atom. The highest BCUT2D eigenvalue weighted by Crippen LogP contribution is 2.25. The molecule has 1 fully saturated rings. The Bertz CT molecular complexity index is 576. The number of anilines is 1. The van der Waals surface area contributed by atoms with E-state index in [1.807, 2.05) is 7.05 Å². The van der Waals surface area contributed by atoms with Crippen molar-refractivity contribution in [3.63, 3.8) is 0 Å². The molecule has 7 nitrogen and oxygen atoms in total. The first-order valence-electron chi connectivity index (χ1n) is 6.26. The van der Waals surface area contributed by atoms with Gasteiger partial charge in [0, 0.05) is 29.8 Å². The molecular formula is C11H18BrN5O2S. The van der Waals surface area contributed by atoms with E-state index >= 15 is 0 Å². The quantitative estimate of drug-likeness (QED) is 0.481. The van der Waals surface area contributed by atoms with Crippen LogP contribution in [0.1, 0.15) is 12.8 Å². The molecule has 2 rings (SSSR count). The highest BCUT2D eigenvalue weighted by atomic mass is 79.9. The Balaban J connectivity index is 2.03. The lowest BCUT2D eigenvalue weighted by Gasteiger charge is -2.16. The van der Waals surface area contributed by atoms with Gasteiger partial charge in [-0.05, 0) is 41.9 Å². The molecule has 0 amide bonds. The Labute approximate surface area is 127 Å². The van der Waals surface area contributed by atoms with Gasteiger partial charge in [-0.15, -0.1) is 0 Å². The minimum atomic E-state index is -3.64. The van der Waals surface area contributed by atoms with E-state index in [0.717, 1.165) is 0 Å². The lowest BCUT2D eigenvalue weighted by Crippen LogP contribution is -2.34. The maximum absolute atomic E-state index is 12.2. The molecular weight excluding hydrogens is 346 g/mol. The summed E-state index contributed by atoms with van der Waals surface area (Å²) in [6.07, 6.45) is 3.87. The number of halogens is 1. The van der Waals surface area contributed by atoms with E-state index in [1.54, 1.807) is 0 Å². The summed E-state index contributed by atoms with van der Waals surface area (Å²) < 4.78 is 27.6. The summed E-state index contributed by atoms with van der Waals surface area (Å²) in [5.74, 6) is 5.42. The van der Waals surface area contributed by atoms with Crippen molar-refractivity contribution in [1.29, 1.82) is 0 Å². The van der Waals surface area contributed by atoms with Crippen molar-refractivity contribution in [3.8, 4) is 0 Å². The molecule has 1 heterocycles. The van der Waals surface area contributed by atoms with Crippen LogP contribution in [-0.4, -0.2) is 44.5 Å². The van der Waals surface area contributed by atoms with Gasteiger partial charge in [-0.3, -0.25) is 0 Å². The third-order valence-electron chi connectivity index (χ3n) is 3.17. The van der Waals surface area contributed by atoms with Gasteiger partial charge in [-0.25, -0.2) is 24.0 Å². The molecule has 0 aromatic carbocycles. The van der Waals surface area contributed by atoms with E-state index in [-0.39, 0.29) is 10.7 Å². The molecule has 1 aromatic rings. The lowest BCUT2D eigenvalue weighted by atomic mass is 10.5. The van der Waals surface area contributed by atoms with Crippen molar-refractivity contribution in [2.75, 3.05) is 25.6 Å². The van der Waals surface area contributed by atoms with Gasteiger partial charge >= 0.3 is 0 Å². The second-order valence-corrected chi connectivity index (χ2v) is 7.41. The fraction of sp³-hybridized carbons (Fsp3) is 0.545. The number of nitrogen functional groups attached to an aromatic ring is 1. The van der Waals surface area contributed by atoms with Crippen LogP contribution in [0.25, 0.3) is 0 Å². The Morgan fingerprint density at radius 3 is 2.85 bits per heavy atom. The number of nitrogens with one attached hydrogen (secondary N) is 2. The summed E-state index contributed by atoms with van der Waals surface area (Å²) in [5, 5.41) is 0. The number of nitrogens with zero attached hydrogens (tertiary/aromatic N) is 2. The van der Waals surface area contributed by atoms with E-state index in [4.69, 9.17) is 5.84 Å². The van der Waals surface area contributed by atoms with E-state index in [9.17, 15) is 8.42 Å². The van der Waals surface area contributed by atoms with Crippen LogP contribution in [0.5, 0.6) is 0 Å². The number of hydrogen-bond acceptors (Lipinski definition) is 6. The summed E-state index contributed by atoms with van der Waals surface area (Å²) >= 11 is 3.21. The highest BCUT2D eigenvalue weighted by molar-refractivity contribution is 9.10. The molecule has 1 aliphatic rings. The topological polar surface area (TPSA) is 100 Å². The second-order valence-electron chi connectivity index (χ2n) is 4.75. The maximum Gasteiger partial charge on any atom is 0.244 e. The number of hydrazine groups is 1. The normalized spacial score (nSPS) is 15.6. The van der Waals surface area contributed by atoms with Crippen LogP contribution in [0.15, 0.2) is 21.6 Å². The molecule has 0 saturated heterocycles. The van der Waals surface area contributed by atoms with Crippen LogP contribution in [0.4, 0.5) is 5.82 Å². The molecule has 112 valence electrons. The molecule has 1 aliphatic carbocycles. The standard InChI is InChI=1S/C11H18BrN5O2S/c1-17(9-2-3-9)5-4-15-20(18,19)10-6-8(12)7-14-11(10)16-13/h6-7,9,15H,2-5,13H2,1H3,(H,14,16). The van der Waals surface area contributed by atoms with E-state index in [1.165, 1.54) is 25.1 Å². The molecule has 0 spiro atoms. The first-order chi connectivity index (χ1) is 9.44. The SMILES string of the molecule is CN(CCNS(=O)(=O)c1cc(Br)cnc1NN)C1CC1. The van der Waals surface area contributed by atoms with Gasteiger partial charge in [0.05, 0.1) is 0 Å². The van der Waals surface area contributed by atoms with Crippen LogP contribution < -0.4 is 16.0 Å². The lowest BCUT2D eigenvalue weighted by molar-refractivity contribution is 0.329. The van der Waals surface area contributed by atoms with Crippen molar-refractivity contribution in [2.24, 2.45) is 5.84 Å². The van der Waals surface area contributed by atoms with Crippen molar-refractivity contribution in [2.45, 2.75) is 23.8 Å². The molecule has 0 radical (unpaired) electrons. The third kappa shape index (κ3) is 3.89. The Kier molecular flexibility index (Phi) is 4.97. The number of nitrogens with two attached hydrogens (primary N) is 1. The number of likely N-dealkylation sites (N-methyl/N-ethyl adjacent to an activating group) is 1. The molecule has 0 aliphatic heterocycles. The average molecular weight is 364 g/mol. The number of pyridine rings is 1. The fourth-order valence-electron chi connectivity index (χ4n) is 1.87. The maximum atomic E-state index is 12.2. The fourth-order valence-corrected chi connectivity index (χ4v) is 3.51. The molecule has 0 atom stereocenters. The van der Waals surface area contributed by atoms with Crippen LogP contribution in [-0.2, 0) is 10.0 Å². The molecule has 9 heteroatoms. The van der Waals surface area contributed by atoms with Gasteiger partial charge in [-0.2, -0.15) is 0 Å². The van der Waals surface area contributed by atoms with Crippen molar-refractivity contribution < 1.29 is 8.42 Å². The Morgan fingerprint density at radius 1 is 1.55 bits per heavy atom. The van der Waals surface area contributed by atoms with E-state index in [0.29, 0.717) is 23.6 Å². The first-order valence-corrected chi connectivity index (χ1v) is 8.53. The number of rotatable bonds is 7. The van der Waals surface area contributed by atoms with Crippen molar-refractivity contribution in [3.05, 3.63) is 16.7 Å². The average Bonchev–Trinajstić information content (AvgIpc) is 3.22. The smallest absolute Gasteiger partial charge is 0.244 e. The minimum absolute atomic E-state index is 0.0310. The largest absolute Gasteiger partial charge is 0.307 e. The molecule has 0 bridgehead atoms. The van der Waals surface area contributed by atoms with Crippen molar-refractivity contribution in [1.82, 2.24) is 14.6 Å². The van der Waals surface area contributed by atoms with Crippen LogP contribution in [0.2, 0.25) is 0 Å². The molecule has 0 unspecified atom stereocenters. The van der Waals surface area contributed by atoms with Crippen LogP contribution in [0, 0.1) is 0 Å². The van der Waals surface area contributed by atoms with Gasteiger partial charge in [0.25, 0.3) is 0 Å². The summed E-state index contributed by atoms with van der Waals surface area (Å²) in [6, 6.07) is 2.07. The van der Waals surface area contributed by atoms with Gasteiger partial charge in [-0.1, -0.05) is 0 Å². The van der Waals surface area contributed by atoms with Gasteiger partial charge in [0.15, 0.2) is 5.82 Å². The zero-order chi connectivity index (χ0) is 14.8. The van der Waals surface area contributed by atoms with E-state index < -0.39 is 10.0 Å². The Hall–Kier alpha value is -0.740. The van der Waals surface area contributed by atoms with Gasteiger partial charge in [0.1, 0.15) is 4.90 Å². The zero-order valence-electron chi connectivity index (χ0n) is 11.1. The minimum Gasteiger partial charge on any atom is -0.307 e. The van der Waals surface area contributed by atoms with Gasteiger partial charge < -0.3 is 10.3 Å². The zero-order valence-corrected chi connectivity index (χ0v) is 13.5. The predicted octanol–water partition coefficient (Wildman–Crippen LogP) is 0.502. The predicted molar refractivity (Wildman–Crippen MR) is 80.6 cm³/mol. The highest BCUT2D eigenvalue weighted by Gasteiger charge is 2.26. The molecule has 1 saturated carbocycles. The second kappa shape index (κ2) is 6.35. The third-order valence-corrected chi connectivity index (χ3v) is 5.08. The number of hydrogen-bond donors (Lipinski definition) is 3. The molecule has 20 heavy (non-hydrogen) atoms. The summed E-state index contributed by atoms with van der Waals surface area (Å²) in [4.78, 5) is 6.12. The van der Waals surface area contributed by atoms with Crippen molar-refractivity contribution >= 4 is 31.8 Å². The van der Waals surface area contributed by atoms with Gasteiger partial charge in [0.2, 0.25) is 10.0 Å². The number of aromatic nitrogens is 1. The summed E-state index contributed by atoms with van der Waals surface area (Å²) in [5.41, 5.74) is 2.29. The summed E-state index contributed by atoms with van der Waals surface area (Å²) in [7, 11) is -1.64. The van der Waals surface area contributed by atoms with Crippen LogP contribution >= 0.6 is 15.9 Å². The monoisotopic (exact) mass is 363 g/mol. The number of sulfonamides is 1.